The molecule has 0 unspecified atom stereocenters. The van der Waals surface area contributed by atoms with Crippen LogP contribution in [0.15, 0.2) is 0 Å². The standard InChI is InChI=1S/C6H13F.C5H10O.C2H6/c1-4-6(3,7)5-2;1-3-4-5(2)6;1-2/h4-5H2,1-3H3;3-4H2,1-2H3;1-2H3. The van der Waals surface area contributed by atoms with E-state index in [9.17, 15) is 9.18 Å². The van der Waals surface area contributed by atoms with Gasteiger partial charge in [0.2, 0.25) is 0 Å². The Hall–Kier alpha value is -0.400. The van der Waals surface area contributed by atoms with Crippen molar-refractivity contribution in [1.29, 1.82) is 0 Å². The summed E-state index contributed by atoms with van der Waals surface area (Å²) in [5.41, 5.74) is -0.917. The molecule has 0 spiro atoms. The van der Waals surface area contributed by atoms with Gasteiger partial charge in [0.1, 0.15) is 11.5 Å². The van der Waals surface area contributed by atoms with E-state index in [1.165, 1.54) is 0 Å². The first-order valence-electron chi connectivity index (χ1n) is 6.08. The molecule has 94 valence electrons. The first-order valence-corrected chi connectivity index (χ1v) is 6.08. The summed E-state index contributed by atoms with van der Waals surface area (Å²) in [7, 11) is 0. The lowest BCUT2D eigenvalue weighted by Crippen LogP contribution is -2.13. The maximum absolute atomic E-state index is 12.5. The third-order valence-corrected chi connectivity index (χ3v) is 2.08. The molecule has 0 aliphatic rings. The average Bonchev–Trinajstić information content (AvgIpc) is 2.22. The van der Waals surface area contributed by atoms with E-state index in [-0.39, 0.29) is 5.78 Å². The first-order chi connectivity index (χ1) is 6.89. The Bertz CT molecular complexity index is 124. The third-order valence-electron chi connectivity index (χ3n) is 2.08. The smallest absolute Gasteiger partial charge is 0.129 e. The van der Waals surface area contributed by atoms with E-state index in [0.29, 0.717) is 12.8 Å². The highest BCUT2D eigenvalue weighted by Gasteiger charge is 2.15. The monoisotopic (exact) mass is 220 g/mol. The van der Waals surface area contributed by atoms with Crippen molar-refractivity contribution >= 4 is 5.78 Å². The second kappa shape index (κ2) is 13.6. The molecule has 0 N–H and O–H groups in total. The van der Waals surface area contributed by atoms with Crippen molar-refractivity contribution in [3.8, 4) is 0 Å². The molecule has 0 aromatic carbocycles. The van der Waals surface area contributed by atoms with Gasteiger partial charge in [0.05, 0.1) is 0 Å². The fourth-order valence-electron chi connectivity index (χ4n) is 0.602. The zero-order valence-electron chi connectivity index (χ0n) is 11.6. The first kappa shape index (κ1) is 20.1. The van der Waals surface area contributed by atoms with Crippen molar-refractivity contribution in [3.05, 3.63) is 0 Å². The SMILES string of the molecule is CC.CCC(C)(F)CC.CCCC(C)=O. The molecule has 2 heteroatoms. The lowest BCUT2D eigenvalue weighted by atomic mass is 10.0. The number of carbonyl (C=O) groups excluding carboxylic acids is 1. The maximum Gasteiger partial charge on any atom is 0.129 e. The van der Waals surface area contributed by atoms with Gasteiger partial charge in [0.15, 0.2) is 0 Å². The van der Waals surface area contributed by atoms with Gasteiger partial charge in [-0.05, 0) is 33.1 Å². The molecule has 0 radical (unpaired) electrons. The topological polar surface area (TPSA) is 17.1 Å². The van der Waals surface area contributed by atoms with E-state index < -0.39 is 5.67 Å². The maximum atomic E-state index is 12.5. The summed E-state index contributed by atoms with van der Waals surface area (Å²) in [5, 5.41) is 0. The quantitative estimate of drug-likeness (QED) is 0.656. The summed E-state index contributed by atoms with van der Waals surface area (Å²) < 4.78 is 12.5. The van der Waals surface area contributed by atoms with Crippen molar-refractivity contribution in [2.75, 3.05) is 0 Å². The van der Waals surface area contributed by atoms with Crippen LogP contribution in [-0.4, -0.2) is 11.5 Å². The Morgan fingerprint density at radius 1 is 1.13 bits per heavy atom. The molecular weight excluding hydrogens is 191 g/mol. The second-order valence-electron chi connectivity index (χ2n) is 3.57. The number of halogens is 1. The summed E-state index contributed by atoms with van der Waals surface area (Å²) in [6.45, 7) is 13.0. The summed E-state index contributed by atoms with van der Waals surface area (Å²) in [6.07, 6.45) is 2.97. The van der Waals surface area contributed by atoms with Gasteiger partial charge in [0, 0.05) is 6.42 Å². The molecule has 0 atom stereocenters. The number of Topliss-reactive ketones (excluding diaryl/α,β-unsaturated/α-hetero) is 1. The Morgan fingerprint density at radius 2 is 1.47 bits per heavy atom. The van der Waals surface area contributed by atoms with Crippen molar-refractivity contribution in [2.24, 2.45) is 0 Å². The van der Waals surface area contributed by atoms with Gasteiger partial charge in [-0.25, -0.2) is 4.39 Å². The Morgan fingerprint density at radius 3 is 1.47 bits per heavy atom. The molecule has 0 aromatic rings. The van der Waals surface area contributed by atoms with Crippen molar-refractivity contribution in [2.45, 2.75) is 79.8 Å². The van der Waals surface area contributed by atoms with Gasteiger partial charge < -0.3 is 4.79 Å². The number of hydrogen-bond acceptors (Lipinski definition) is 1. The molecule has 0 saturated heterocycles. The van der Waals surface area contributed by atoms with Crippen LogP contribution in [0.5, 0.6) is 0 Å². The van der Waals surface area contributed by atoms with E-state index >= 15 is 0 Å². The molecule has 0 rings (SSSR count). The minimum Gasteiger partial charge on any atom is -0.300 e. The molecule has 0 fully saturated rings. The van der Waals surface area contributed by atoms with Gasteiger partial charge >= 0.3 is 0 Å². The molecular formula is C13H29FO. The fourth-order valence-corrected chi connectivity index (χ4v) is 0.602. The summed E-state index contributed by atoms with van der Waals surface area (Å²) in [6, 6.07) is 0. The van der Waals surface area contributed by atoms with Crippen LogP contribution in [0, 0.1) is 0 Å². The summed E-state index contributed by atoms with van der Waals surface area (Å²) >= 11 is 0. The minimum absolute atomic E-state index is 0.289. The van der Waals surface area contributed by atoms with Crippen LogP contribution in [-0.2, 0) is 4.79 Å². The molecule has 1 nitrogen and oxygen atoms in total. The number of carbonyl (C=O) groups is 1. The van der Waals surface area contributed by atoms with Gasteiger partial charge in [-0.1, -0.05) is 34.6 Å². The van der Waals surface area contributed by atoms with Crippen LogP contribution in [0.2, 0.25) is 0 Å². The normalized spacial score (nSPS) is 9.33. The highest BCUT2D eigenvalue weighted by Crippen LogP contribution is 2.17. The number of ketones is 1. The zero-order chi connectivity index (χ0) is 12.9. The van der Waals surface area contributed by atoms with Crippen molar-refractivity contribution < 1.29 is 9.18 Å². The molecule has 0 aromatic heterocycles. The molecule has 0 saturated carbocycles. The molecule has 0 aliphatic heterocycles. The predicted molar refractivity (Wildman–Crippen MR) is 67.0 cm³/mol. The van der Waals surface area contributed by atoms with Gasteiger partial charge in [0.25, 0.3) is 0 Å². The largest absolute Gasteiger partial charge is 0.300 e. The third kappa shape index (κ3) is 24.7. The average molecular weight is 220 g/mol. The van der Waals surface area contributed by atoms with Crippen LogP contribution in [0.25, 0.3) is 0 Å². The molecule has 0 aliphatic carbocycles. The van der Waals surface area contributed by atoms with Crippen molar-refractivity contribution in [1.82, 2.24) is 0 Å². The minimum atomic E-state index is -0.917. The molecule has 0 heterocycles. The van der Waals surface area contributed by atoms with Crippen LogP contribution < -0.4 is 0 Å². The van der Waals surface area contributed by atoms with E-state index in [2.05, 4.69) is 0 Å². The molecule has 15 heavy (non-hydrogen) atoms. The van der Waals surface area contributed by atoms with Crippen molar-refractivity contribution in [3.63, 3.8) is 0 Å². The van der Waals surface area contributed by atoms with Gasteiger partial charge in [-0.2, -0.15) is 0 Å². The van der Waals surface area contributed by atoms with Crippen LogP contribution in [0.3, 0.4) is 0 Å². The number of rotatable bonds is 4. The van der Waals surface area contributed by atoms with Crippen LogP contribution in [0.1, 0.15) is 74.1 Å². The highest BCUT2D eigenvalue weighted by molar-refractivity contribution is 5.75. The second-order valence-corrected chi connectivity index (χ2v) is 3.57. The Kier molecular flexibility index (Phi) is 18.2. The molecule has 0 amide bonds. The highest BCUT2D eigenvalue weighted by atomic mass is 19.1. The predicted octanol–water partition coefficient (Wildman–Crippen LogP) is 4.94. The fraction of sp³-hybridized carbons (Fsp3) is 0.923. The van der Waals surface area contributed by atoms with Gasteiger partial charge in [-0.15, -0.1) is 0 Å². The zero-order valence-corrected chi connectivity index (χ0v) is 11.6. The van der Waals surface area contributed by atoms with E-state index in [1.54, 1.807) is 13.8 Å². The van der Waals surface area contributed by atoms with Gasteiger partial charge in [-0.3, -0.25) is 0 Å². The van der Waals surface area contributed by atoms with E-state index in [1.807, 2.05) is 34.6 Å². The number of hydrogen-bond donors (Lipinski definition) is 0. The summed E-state index contributed by atoms with van der Waals surface area (Å²) in [5.74, 6) is 0.289. The van der Waals surface area contributed by atoms with E-state index in [4.69, 9.17) is 0 Å². The Balaban J connectivity index is -0.000000166. The Labute approximate surface area is 95.5 Å². The lowest BCUT2D eigenvalue weighted by molar-refractivity contribution is -0.117. The molecule has 0 bridgehead atoms. The van der Waals surface area contributed by atoms with Crippen LogP contribution in [0.4, 0.5) is 4.39 Å². The lowest BCUT2D eigenvalue weighted by Gasteiger charge is -2.13. The van der Waals surface area contributed by atoms with E-state index in [0.717, 1.165) is 12.8 Å². The summed E-state index contributed by atoms with van der Waals surface area (Å²) in [4.78, 5) is 10.0. The van der Waals surface area contributed by atoms with Crippen LogP contribution >= 0.6 is 0 Å². The number of alkyl halides is 1.